The molecule has 0 saturated carbocycles. The van der Waals surface area contributed by atoms with Gasteiger partial charge in [-0.3, -0.25) is 4.79 Å². The third kappa shape index (κ3) is 4.07. The summed E-state index contributed by atoms with van der Waals surface area (Å²) in [7, 11) is 1.50. The number of carbonyl (C=O) groups excluding carboxylic acids is 1. The fourth-order valence-corrected chi connectivity index (χ4v) is 1.39. The molecule has 1 amide bonds. The molecule has 0 radical (unpaired) electrons. The van der Waals surface area contributed by atoms with Gasteiger partial charge in [-0.25, -0.2) is 5.43 Å². The van der Waals surface area contributed by atoms with E-state index in [0.29, 0.717) is 16.3 Å². The topological polar surface area (TPSA) is 50.7 Å². The van der Waals surface area contributed by atoms with Gasteiger partial charge in [-0.05, 0) is 24.6 Å². The number of halogens is 1. The summed E-state index contributed by atoms with van der Waals surface area (Å²) in [5.41, 5.74) is 2.80. The Labute approximate surface area is 106 Å². The molecule has 0 fully saturated rings. The van der Waals surface area contributed by atoms with E-state index in [-0.39, 0.29) is 5.91 Å². The fraction of sp³-hybridized carbons (Fsp3) is 0.333. The summed E-state index contributed by atoms with van der Waals surface area (Å²) in [6, 6.07) is 4.86. The number of hydrogen-bond donors (Lipinski definition) is 1. The van der Waals surface area contributed by atoms with Gasteiger partial charge in [-0.2, -0.15) is 5.10 Å². The zero-order valence-electron chi connectivity index (χ0n) is 9.87. The van der Waals surface area contributed by atoms with Crippen molar-refractivity contribution in [2.24, 2.45) is 5.10 Å². The molecule has 17 heavy (non-hydrogen) atoms. The highest BCUT2D eigenvalue weighted by molar-refractivity contribution is 6.31. The van der Waals surface area contributed by atoms with Crippen molar-refractivity contribution in [1.82, 2.24) is 5.43 Å². The zero-order chi connectivity index (χ0) is 12.7. The molecule has 0 saturated heterocycles. The Morgan fingerprint density at radius 1 is 1.59 bits per heavy atom. The Morgan fingerprint density at radius 2 is 2.35 bits per heavy atom. The number of benzene rings is 1. The van der Waals surface area contributed by atoms with E-state index in [1.54, 1.807) is 24.4 Å². The van der Waals surface area contributed by atoms with Crippen LogP contribution in [0.25, 0.3) is 0 Å². The fourth-order valence-electron chi connectivity index (χ4n) is 1.22. The van der Waals surface area contributed by atoms with E-state index in [4.69, 9.17) is 16.3 Å². The van der Waals surface area contributed by atoms with Crippen LogP contribution in [-0.4, -0.2) is 19.2 Å². The first kappa shape index (κ1) is 13.5. The molecule has 0 heterocycles. The number of amides is 1. The van der Waals surface area contributed by atoms with Crippen LogP contribution in [0.4, 0.5) is 0 Å². The van der Waals surface area contributed by atoms with Crippen LogP contribution in [0.3, 0.4) is 0 Å². The van der Waals surface area contributed by atoms with Gasteiger partial charge in [0.05, 0.1) is 12.7 Å². The van der Waals surface area contributed by atoms with E-state index in [0.717, 1.165) is 12.8 Å². The first-order chi connectivity index (χ1) is 8.19. The van der Waals surface area contributed by atoms with Crippen LogP contribution in [0.5, 0.6) is 5.75 Å². The Balaban J connectivity index is 2.77. The molecular formula is C12H15ClN2O2. The lowest BCUT2D eigenvalue weighted by Gasteiger charge is -2.06. The second-order valence-electron chi connectivity index (χ2n) is 3.39. The number of nitrogens with zero attached hydrogens (tertiary/aromatic N) is 1. The van der Waals surface area contributed by atoms with Crippen molar-refractivity contribution in [2.75, 3.05) is 7.11 Å². The maximum atomic E-state index is 11.8. The van der Waals surface area contributed by atoms with Gasteiger partial charge in [0.1, 0.15) is 5.75 Å². The summed E-state index contributed by atoms with van der Waals surface area (Å²) in [6.45, 7) is 2.04. The lowest BCUT2D eigenvalue weighted by molar-refractivity contribution is 0.0952. The highest BCUT2D eigenvalue weighted by Gasteiger charge is 2.11. The Bertz CT molecular complexity index is 419. The van der Waals surface area contributed by atoms with Gasteiger partial charge in [0, 0.05) is 11.2 Å². The molecule has 1 rings (SSSR count). The Kier molecular flexibility index (Phi) is 5.49. The molecule has 1 N–H and O–H groups in total. The van der Waals surface area contributed by atoms with Crippen LogP contribution in [0.1, 0.15) is 30.1 Å². The number of carbonyl (C=O) groups is 1. The van der Waals surface area contributed by atoms with Crippen LogP contribution < -0.4 is 10.2 Å². The largest absolute Gasteiger partial charge is 0.496 e. The van der Waals surface area contributed by atoms with Gasteiger partial charge in [-0.1, -0.05) is 24.9 Å². The zero-order valence-corrected chi connectivity index (χ0v) is 10.6. The van der Waals surface area contributed by atoms with Gasteiger partial charge < -0.3 is 4.74 Å². The van der Waals surface area contributed by atoms with Crippen LogP contribution in [0.15, 0.2) is 23.3 Å². The highest BCUT2D eigenvalue weighted by atomic mass is 35.5. The smallest absolute Gasteiger partial charge is 0.275 e. The second kappa shape index (κ2) is 6.91. The number of hydrogen-bond acceptors (Lipinski definition) is 3. The van der Waals surface area contributed by atoms with Gasteiger partial charge in [0.25, 0.3) is 5.91 Å². The van der Waals surface area contributed by atoms with Crippen LogP contribution in [0.2, 0.25) is 5.02 Å². The maximum absolute atomic E-state index is 11.8. The minimum absolute atomic E-state index is 0.336. The summed E-state index contributed by atoms with van der Waals surface area (Å²) in [5, 5.41) is 4.30. The van der Waals surface area contributed by atoms with Crippen LogP contribution in [-0.2, 0) is 0 Å². The van der Waals surface area contributed by atoms with Crippen molar-refractivity contribution in [2.45, 2.75) is 19.8 Å². The molecule has 0 aliphatic heterocycles. The first-order valence-corrected chi connectivity index (χ1v) is 5.72. The molecule has 1 aromatic rings. The lowest BCUT2D eigenvalue weighted by atomic mass is 10.2. The third-order valence-corrected chi connectivity index (χ3v) is 2.32. The Morgan fingerprint density at radius 3 is 3.00 bits per heavy atom. The minimum atomic E-state index is -0.336. The Hall–Kier alpha value is -1.55. The second-order valence-corrected chi connectivity index (χ2v) is 3.82. The van der Waals surface area contributed by atoms with Crippen LogP contribution >= 0.6 is 11.6 Å². The molecule has 4 nitrogen and oxygen atoms in total. The minimum Gasteiger partial charge on any atom is -0.496 e. The van der Waals surface area contributed by atoms with E-state index >= 15 is 0 Å². The predicted octanol–water partition coefficient (Wildman–Crippen LogP) is 2.86. The molecule has 0 bridgehead atoms. The molecule has 0 aliphatic rings. The number of rotatable bonds is 5. The number of nitrogens with one attached hydrogen (secondary N) is 1. The summed E-state index contributed by atoms with van der Waals surface area (Å²) in [6.07, 6.45) is 3.47. The van der Waals surface area contributed by atoms with Crippen molar-refractivity contribution in [3.05, 3.63) is 28.8 Å². The molecular weight excluding hydrogens is 240 g/mol. The van der Waals surface area contributed by atoms with Crippen molar-refractivity contribution in [1.29, 1.82) is 0 Å². The maximum Gasteiger partial charge on any atom is 0.275 e. The van der Waals surface area contributed by atoms with E-state index in [2.05, 4.69) is 10.5 Å². The first-order valence-electron chi connectivity index (χ1n) is 5.34. The number of methoxy groups -OCH3 is 1. The van der Waals surface area contributed by atoms with E-state index < -0.39 is 0 Å². The van der Waals surface area contributed by atoms with Crippen molar-refractivity contribution < 1.29 is 9.53 Å². The molecule has 0 aliphatic carbocycles. The van der Waals surface area contributed by atoms with Gasteiger partial charge >= 0.3 is 0 Å². The monoisotopic (exact) mass is 254 g/mol. The number of hydrazone groups is 1. The molecule has 0 atom stereocenters. The third-order valence-electron chi connectivity index (χ3n) is 2.08. The standard InChI is InChI=1S/C12H15ClN2O2/c1-3-4-7-14-15-12(16)10-8-9(13)5-6-11(10)17-2/h5-8H,3-4H2,1-2H3,(H,15,16). The van der Waals surface area contributed by atoms with Crippen molar-refractivity contribution >= 4 is 23.7 Å². The van der Waals surface area contributed by atoms with Gasteiger partial charge in [0.2, 0.25) is 0 Å². The SMILES string of the molecule is CCCC=NNC(=O)c1cc(Cl)ccc1OC. The highest BCUT2D eigenvalue weighted by Crippen LogP contribution is 2.22. The molecule has 0 spiro atoms. The summed E-state index contributed by atoms with van der Waals surface area (Å²) in [4.78, 5) is 11.8. The summed E-state index contributed by atoms with van der Waals surface area (Å²) < 4.78 is 5.08. The average Bonchev–Trinajstić information content (AvgIpc) is 2.34. The lowest BCUT2D eigenvalue weighted by Crippen LogP contribution is -2.18. The van der Waals surface area contributed by atoms with E-state index in [1.165, 1.54) is 7.11 Å². The summed E-state index contributed by atoms with van der Waals surface area (Å²) >= 11 is 5.83. The van der Waals surface area contributed by atoms with Crippen molar-refractivity contribution in [3.63, 3.8) is 0 Å². The van der Waals surface area contributed by atoms with Gasteiger partial charge in [-0.15, -0.1) is 0 Å². The predicted molar refractivity (Wildman–Crippen MR) is 68.9 cm³/mol. The molecule has 5 heteroatoms. The molecule has 92 valence electrons. The van der Waals surface area contributed by atoms with E-state index in [1.807, 2.05) is 6.92 Å². The number of unbranched alkanes of at least 4 members (excludes halogenated alkanes) is 1. The van der Waals surface area contributed by atoms with Crippen LogP contribution in [0, 0.1) is 0 Å². The number of ether oxygens (including phenoxy) is 1. The normalized spacial score (nSPS) is 10.5. The van der Waals surface area contributed by atoms with Gasteiger partial charge in [0.15, 0.2) is 0 Å². The molecule has 0 aromatic heterocycles. The summed E-state index contributed by atoms with van der Waals surface area (Å²) in [5.74, 6) is 0.134. The molecule has 0 unspecified atom stereocenters. The average molecular weight is 255 g/mol. The van der Waals surface area contributed by atoms with Crippen molar-refractivity contribution in [3.8, 4) is 5.75 Å². The quantitative estimate of drug-likeness (QED) is 0.649. The van der Waals surface area contributed by atoms with E-state index in [9.17, 15) is 4.79 Å². The molecule has 1 aromatic carbocycles.